The maximum absolute atomic E-state index is 13.0. The molecular formula is C24H28FN5O2. The Kier molecular flexibility index (Phi) is 7.11. The zero-order valence-electron chi connectivity index (χ0n) is 18.3. The highest BCUT2D eigenvalue weighted by atomic mass is 19.1. The topological polar surface area (TPSA) is 72.3 Å². The molecule has 7 nitrogen and oxygen atoms in total. The summed E-state index contributed by atoms with van der Waals surface area (Å²) in [7, 11) is 1.67. The van der Waals surface area contributed by atoms with Crippen molar-refractivity contribution in [3.05, 3.63) is 77.1 Å². The third-order valence-electron chi connectivity index (χ3n) is 5.71. The summed E-state index contributed by atoms with van der Waals surface area (Å²) in [6.07, 6.45) is 1.71. The second kappa shape index (κ2) is 10.4. The van der Waals surface area contributed by atoms with Crippen LogP contribution in [0.4, 0.5) is 4.39 Å². The molecule has 0 bridgehead atoms. The fourth-order valence-corrected chi connectivity index (χ4v) is 3.92. The second-order valence-corrected chi connectivity index (χ2v) is 7.96. The SMILES string of the molecule is COc1ccc(CN2CCc3nnc(CCNC(=O)Cc4ccc(F)cc4)n3CC2)cc1. The van der Waals surface area contributed by atoms with E-state index in [-0.39, 0.29) is 18.1 Å². The number of halogens is 1. The van der Waals surface area contributed by atoms with Crippen LogP contribution in [-0.4, -0.2) is 52.3 Å². The lowest BCUT2D eigenvalue weighted by Gasteiger charge is -2.19. The van der Waals surface area contributed by atoms with Crippen molar-refractivity contribution in [1.29, 1.82) is 0 Å². The van der Waals surface area contributed by atoms with Crippen LogP contribution in [0.15, 0.2) is 48.5 Å². The average molecular weight is 438 g/mol. The molecule has 1 aliphatic rings. The Balaban J connectivity index is 1.26. The Hall–Kier alpha value is -3.26. The molecule has 3 aromatic rings. The minimum absolute atomic E-state index is 0.0853. The standard InChI is InChI=1S/C24H28FN5O2/c1-32-21-8-4-19(5-9-21)17-29-13-11-23-28-27-22(30(23)15-14-29)10-12-26-24(31)16-18-2-6-20(25)7-3-18/h2-9H,10-17H2,1H3,(H,26,31). The summed E-state index contributed by atoms with van der Waals surface area (Å²) in [6, 6.07) is 14.2. The van der Waals surface area contributed by atoms with E-state index in [1.807, 2.05) is 12.1 Å². The Morgan fingerprint density at radius 3 is 2.53 bits per heavy atom. The van der Waals surface area contributed by atoms with Crippen LogP contribution in [0.2, 0.25) is 0 Å². The van der Waals surface area contributed by atoms with Crippen LogP contribution in [0, 0.1) is 5.82 Å². The van der Waals surface area contributed by atoms with E-state index in [1.165, 1.54) is 17.7 Å². The first-order chi connectivity index (χ1) is 15.6. The summed E-state index contributed by atoms with van der Waals surface area (Å²) in [5.41, 5.74) is 2.05. The van der Waals surface area contributed by atoms with Gasteiger partial charge in [-0.3, -0.25) is 9.69 Å². The lowest BCUT2D eigenvalue weighted by atomic mass is 10.1. The van der Waals surface area contributed by atoms with Gasteiger partial charge in [0.2, 0.25) is 5.91 Å². The van der Waals surface area contributed by atoms with Crippen molar-refractivity contribution in [2.24, 2.45) is 0 Å². The second-order valence-electron chi connectivity index (χ2n) is 7.96. The Morgan fingerprint density at radius 2 is 1.78 bits per heavy atom. The maximum Gasteiger partial charge on any atom is 0.224 e. The van der Waals surface area contributed by atoms with Gasteiger partial charge in [-0.25, -0.2) is 4.39 Å². The molecule has 0 radical (unpaired) electrons. The Bertz CT molecular complexity index is 1030. The number of amides is 1. The van der Waals surface area contributed by atoms with Gasteiger partial charge in [-0.2, -0.15) is 0 Å². The molecule has 1 aromatic heterocycles. The number of aromatic nitrogens is 3. The minimum atomic E-state index is -0.302. The van der Waals surface area contributed by atoms with Gasteiger partial charge in [-0.15, -0.1) is 10.2 Å². The largest absolute Gasteiger partial charge is 0.497 e. The normalized spacial score (nSPS) is 13.9. The molecule has 1 N–H and O–H groups in total. The highest BCUT2D eigenvalue weighted by Gasteiger charge is 2.19. The fourth-order valence-electron chi connectivity index (χ4n) is 3.92. The van der Waals surface area contributed by atoms with Gasteiger partial charge >= 0.3 is 0 Å². The number of carbonyl (C=O) groups is 1. The number of nitrogens with one attached hydrogen (secondary N) is 1. The molecule has 0 saturated heterocycles. The summed E-state index contributed by atoms with van der Waals surface area (Å²) in [6.45, 7) is 4.06. The lowest BCUT2D eigenvalue weighted by Crippen LogP contribution is -2.28. The van der Waals surface area contributed by atoms with Crippen LogP contribution in [0.25, 0.3) is 0 Å². The highest BCUT2D eigenvalue weighted by molar-refractivity contribution is 5.78. The minimum Gasteiger partial charge on any atom is -0.497 e. The van der Waals surface area contributed by atoms with Crippen LogP contribution in [0.1, 0.15) is 22.8 Å². The van der Waals surface area contributed by atoms with E-state index < -0.39 is 0 Å². The molecule has 1 aliphatic heterocycles. The van der Waals surface area contributed by atoms with E-state index in [0.717, 1.165) is 55.6 Å². The van der Waals surface area contributed by atoms with Gasteiger partial charge in [0.05, 0.1) is 13.5 Å². The number of benzene rings is 2. The third kappa shape index (κ3) is 5.70. The number of hydrogen-bond donors (Lipinski definition) is 1. The van der Waals surface area contributed by atoms with Crippen LogP contribution < -0.4 is 10.1 Å². The average Bonchev–Trinajstić information content (AvgIpc) is 3.07. The zero-order valence-corrected chi connectivity index (χ0v) is 18.3. The molecule has 0 spiro atoms. The number of fused-ring (bicyclic) bond motifs is 1. The predicted octanol–water partition coefficient (Wildman–Crippen LogP) is 2.39. The van der Waals surface area contributed by atoms with Gasteiger partial charge in [-0.05, 0) is 35.4 Å². The molecule has 2 aromatic carbocycles. The molecule has 0 unspecified atom stereocenters. The molecular weight excluding hydrogens is 409 g/mol. The number of hydrogen-bond acceptors (Lipinski definition) is 5. The van der Waals surface area contributed by atoms with Gasteiger partial charge in [0.1, 0.15) is 23.2 Å². The third-order valence-corrected chi connectivity index (χ3v) is 5.71. The summed E-state index contributed by atoms with van der Waals surface area (Å²) in [5.74, 6) is 2.37. The molecule has 4 rings (SSSR count). The number of nitrogens with zero attached hydrogens (tertiary/aromatic N) is 4. The van der Waals surface area contributed by atoms with Gasteiger partial charge < -0.3 is 14.6 Å². The highest BCUT2D eigenvalue weighted by Crippen LogP contribution is 2.16. The zero-order chi connectivity index (χ0) is 22.3. The Morgan fingerprint density at radius 1 is 1.03 bits per heavy atom. The van der Waals surface area contributed by atoms with Crippen molar-refractivity contribution >= 4 is 5.91 Å². The smallest absolute Gasteiger partial charge is 0.224 e. The fraction of sp³-hybridized carbons (Fsp3) is 0.375. The van der Waals surface area contributed by atoms with Gasteiger partial charge in [0, 0.05) is 45.6 Å². The van der Waals surface area contributed by atoms with Gasteiger partial charge in [0.25, 0.3) is 0 Å². The van der Waals surface area contributed by atoms with Crippen LogP contribution in [0.3, 0.4) is 0 Å². The summed E-state index contributed by atoms with van der Waals surface area (Å²) >= 11 is 0. The van der Waals surface area contributed by atoms with Gasteiger partial charge in [-0.1, -0.05) is 24.3 Å². The van der Waals surface area contributed by atoms with Crippen molar-refractivity contribution in [2.75, 3.05) is 26.7 Å². The van der Waals surface area contributed by atoms with Gasteiger partial charge in [0.15, 0.2) is 0 Å². The first kappa shape index (κ1) is 22.0. The number of ether oxygens (including phenoxy) is 1. The monoisotopic (exact) mass is 437 g/mol. The molecule has 32 heavy (non-hydrogen) atoms. The summed E-state index contributed by atoms with van der Waals surface area (Å²) < 4.78 is 20.4. The maximum atomic E-state index is 13.0. The predicted molar refractivity (Wildman–Crippen MR) is 119 cm³/mol. The number of methoxy groups -OCH3 is 1. The van der Waals surface area contributed by atoms with Crippen molar-refractivity contribution in [3.8, 4) is 5.75 Å². The summed E-state index contributed by atoms with van der Waals surface area (Å²) in [5, 5.41) is 11.6. The summed E-state index contributed by atoms with van der Waals surface area (Å²) in [4.78, 5) is 14.6. The van der Waals surface area contributed by atoms with Crippen molar-refractivity contribution in [3.63, 3.8) is 0 Å². The Labute approximate surface area is 187 Å². The van der Waals surface area contributed by atoms with Crippen LogP contribution in [0.5, 0.6) is 5.75 Å². The molecule has 0 fully saturated rings. The van der Waals surface area contributed by atoms with E-state index in [9.17, 15) is 9.18 Å². The van der Waals surface area contributed by atoms with Crippen LogP contribution in [-0.2, 0) is 37.1 Å². The molecule has 2 heterocycles. The van der Waals surface area contributed by atoms with Crippen molar-refractivity contribution in [1.82, 2.24) is 25.0 Å². The first-order valence-corrected chi connectivity index (χ1v) is 10.9. The lowest BCUT2D eigenvalue weighted by molar-refractivity contribution is -0.120. The molecule has 0 aliphatic carbocycles. The first-order valence-electron chi connectivity index (χ1n) is 10.9. The van der Waals surface area contributed by atoms with Crippen LogP contribution >= 0.6 is 0 Å². The molecule has 0 saturated carbocycles. The van der Waals surface area contributed by atoms with Crippen molar-refractivity contribution in [2.45, 2.75) is 32.4 Å². The quantitative estimate of drug-likeness (QED) is 0.586. The van der Waals surface area contributed by atoms with E-state index in [4.69, 9.17) is 4.74 Å². The van der Waals surface area contributed by atoms with E-state index in [1.54, 1.807) is 19.2 Å². The number of rotatable bonds is 8. The van der Waals surface area contributed by atoms with E-state index in [0.29, 0.717) is 13.0 Å². The molecule has 8 heteroatoms. The molecule has 1 amide bonds. The van der Waals surface area contributed by atoms with E-state index >= 15 is 0 Å². The van der Waals surface area contributed by atoms with Crippen molar-refractivity contribution < 1.29 is 13.9 Å². The van der Waals surface area contributed by atoms with E-state index in [2.05, 4.69) is 37.1 Å². The molecule has 168 valence electrons. The molecule has 0 atom stereocenters. The number of carbonyl (C=O) groups excluding carboxylic acids is 1.